The highest BCUT2D eigenvalue weighted by Gasteiger charge is 2.33. The van der Waals surface area contributed by atoms with Gasteiger partial charge in [0.05, 0.1) is 35.3 Å². The number of rotatable bonds is 5. The van der Waals surface area contributed by atoms with Crippen molar-refractivity contribution < 1.29 is 24.2 Å². The molecule has 11 rings (SSSR count). The van der Waals surface area contributed by atoms with E-state index >= 15 is 0 Å². The SMILES string of the molecule is COC(=O)c1ccc2c(C3CCCCC3)c3n(c2c1)CCNc1ccccc1-3.O=C(O)c1ccc2c(C3CCCCC3)c3n(c2c1)CCN(C(=O)NC1CCCC1)c1ccccc1-3. The van der Waals surface area contributed by atoms with Crippen LogP contribution in [-0.2, 0) is 17.8 Å². The lowest BCUT2D eigenvalue weighted by atomic mass is 9.81. The maximum Gasteiger partial charge on any atom is 0.337 e. The Balaban J connectivity index is 0.000000153. The first-order valence-electron chi connectivity index (χ1n) is 23.5. The Kier molecular flexibility index (Phi) is 11.5. The summed E-state index contributed by atoms with van der Waals surface area (Å²) in [5.41, 5.74) is 12.9. The maximum atomic E-state index is 13.5. The predicted octanol–water partition coefficient (Wildman–Crippen LogP) is 12.1. The third-order valence-corrected chi connectivity index (χ3v) is 14.7. The van der Waals surface area contributed by atoms with E-state index in [1.54, 1.807) is 6.07 Å². The van der Waals surface area contributed by atoms with Crippen molar-refractivity contribution in [3.8, 4) is 22.5 Å². The number of nitrogens with one attached hydrogen (secondary N) is 2. The fourth-order valence-electron chi connectivity index (χ4n) is 11.7. The number of aromatic nitrogens is 2. The number of carbonyl (C=O) groups is 3. The smallest absolute Gasteiger partial charge is 0.337 e. The molecule has 3 N–H and O–H groups in total. The number of benzene rings is 4. The van der Waals surface area contributed by atoms with Crippen LogP contribution in [0.15, 0.2) is 84.9 Å². The number of aromatic carboxylic acids is 1. The first-order valence-corrected chi connectivity index (χ1v) is 23.5. The summed E-state index contributed by atoms with van der Waals surface area (Å²) in [5.74, 6) is -0.148. The first kappa shape index (κ1) is 41.0. The van der Waals surface area contributed by atoms with Crippen molar-refractivity contribution in [3.63, 3.8) is 0 Å². The van der Waals surface area contributed by atoms with Crippen molar-refractivity contribution in [1.29, 1.82) is 0 Å². The molecule has 2 amide bonds. The van der Waals surface area contributed by atoms with Crippen LogP contribution in [0.25, 0.3) is 44.3 Å². The van der Waals surface area contributed by atoms with Crippen LogP contribution < -0.4 is 15.5 Å². The van der Waals surface area contributed by atoms with E-state index in [0.717, 1.165) is 66.4 Å². The molecule has 4 heterocycles. The second-order valence-electron chi connectivity index (χ2n) is 18.3. The third-order valence-electron chi connectivity index (χ3n) is 14.7. The Labute approximate surface area is 369 Å². The minimum absolute atomic E-state index is 0.0233. The van der Waals surface area contributed by atoms with Crippen LogP contribution in [0.4, 0.5) is 16.2 Å². The van der Waals surface area contributed by atoms with Crippen molar-refractivity contribution in [2.24, 2.45) is 0 Å². The monoisotopic (exact) mass is 845 g/mol. The van der Waals surface area contributed by atoms with Crippen LogP contribution in [0.1, 0.15) is 134 Å². The normalized spacial score (nSPS) is 17.9. The number of hydrogen-bond donors (Lipinski definition) is 3. The van der Waals surface area contributed by atoms with Crippen LogP contribution >= 0.6 is 0 Å². The number of fused-ring (bicyclic) bond motifs is 10. The minimum atomic E-state index is -0.909. The van der Waals surface area contributed by atoms with E-state index in [9.17, 15) is 19.5 Å². The molecular weight excluding hydrogens is 787 g/mol. The molecule has 3 fully saturated rings. The van der Waals surface area contributed by atoms with Gasteiger partial charge in [-0.3, -0.25) is 4.90 Å². The molecule has 5 aliphatic rings. The molecule has 4 aromatic carbocycles. The van der Waals surface area contributed by atoms with Gasteiger partial charge in [0, 0.05) is 70.8 Å². The summed E-state index contributed by atoms with van der Waals surface area (Å²) in [6.07, 6.45) is 16.9. The highest BCUT2D eigenvalue weighted by molar-refractivity contribution is 6.03. The number of hydrogen-bond acceptors (Lipinski definition) is 5. The Morgan fingerprint density at radius 2 is 1.19 bits per heavy atom. The van der Waals surface area contributed by atoms with Crippen molar-refractivity contribution in [3.05, 3.63) is 107 Å². The number of anilines is 2. The van der Waals surface area contributed by atoms with Crippen LogP contribution in [0.5, 0.6) is 0 Å². The number of carboxylic acids is 1. The average Bonchev–Trinajstić information content (AvgIpc) is 3.97. The van der Waals surface area contributed by atoms with E-state index < -0.39 is 5.97 Å². The molecule has 63 heavy (non-hydrogen) atoms. The molecule has 0 unspecified atom stereocenters. The summed E-state index contributed by atoms with van der Waals surface area (Å²) in [5, 5.41) is 19.0. The Morgan fingerprint density at radius 3 is 1.84 bits per heavy atom. The second-order valence-corrected chi connectivity index (χ2v) is 18.3. The van der Waals surface area contributed by atoms with Crippen molar-refractivity contribution in [2.45, 2.75) is 121 Å². The zero-order valence-corrected chi connectivity index (χ0v) is 36.5. The standard InChI is InChI=1S/C29H33N3O3.C24H26N2O2/c33-28(34)20-14-15-22-25(18-20)31-16-17-32(29(35)30-21-10-4-5-11-21)24-13-7-6-12-23(24)27(31)26(22)19-8-2-1-3-9-19;1-28-24(27)17-11-12-19-21(15-17)26-14-13-25-20-10-6-5-9-18(20)23(26)22(19)16-7-3-2-4-8-16/h6-7,12-15,18-19,21H,1-5,8-11,16-17H2,(H,30,35)(H,33,34);5-6,9-12,15-16,25H,2-4,7-8,13-14H2,1H3. The molecule has 10 nitrogen and oxygen atoms in total. The molecule has 0 spiro atoms. The van der Waals surface area contributed by atoms with Crippen molar-refractivity contribution >= 4 is 51.2 Å². The van der Waals surface area contributed by atoms with Gasteiger partial charge in [0.2, 0.25) is 0 Å². The molecule has 2 aromatic heterocycles. The number of para-hydroxylation sites is 2. The predicted molar refractivity (Wildman–Crippen MR) is 251 cm³/mol. The van der Waals surface area contributed by atoms with Gasteiger partial charge in [-0.2, -0.15) is 0 Å². The van der Waals surface area contributed by atoms with Gasteiger partial charge < -0.3 is 29.6 Å². The Bertz CT molecular complexity index is 2690. The van der Waals surface area contributed by atoms with Gasteiger partial charge in [0.15, 0.2) is 0 Å². The largest absolute Gasteiger partial charge is 0.478 e. The van der Waals surface area contributed by atoms with Crippen LogP contribution in [-0.4, -0.2) is 58.5 Å². The van der Waals surface area contributed by atoms with E-state index in [1.165, 1.54) is 110 Å². The fourth-order valence-corrected chi connectivity index (χ4v) is 11.7. The summed E-state index contributed by atoms with van der Waals surface area (Å²) < 4.78 is 9.68. The van der Waals surface area contributed by atoms with Crippen molar-refractivity contribution in [1.82, 2.24) is 14.5 Å². The first-order chi connectivity index (χ1) is 30.9. The number of methoxy groups -OCH3 is 1. The van der Waals surface area contributed by atoms with E-state index in [-0.39, 0.29) is 18.0 Å². The van der Waals surface area contributed by atoms with E-state index in [0.29, 0.717) is 36.1 Å². The third kappa shape index (κ3) is 7.65. The van der Waals surface area contributed by atoms with Crippen LogP contribution in [0.2, 0.25) is 0 Å². The summed E-state index contributed by atoms with van der Waals surface area (Å²) >= 11 is 0. The second kappa shape index (κ2) is 17.6. The lowest BCUT2D eigenvalue weighted by molar-refractivity contribution is 0.0600. The molecule has 3 aliphatic carbocycles. The van der Waals surface area contributed by atoms with Gasteiger partial charge in [-0.05, 0) is 97.9 Å². The molecular formula is C53H59N5O5. The molecule has 326 valence electrons. The number of urea groups is 1. The molecule has 10 heteroatoms. The zero-order valence-electron chi connectivity index (χ0n) is 36.5. The van der Waals surface area contributed by atoms with Gasteiger partial charge in [-0.25, -0.2) is 14.4 Å². The molecule has 2 aliphatic heterocycles. The highest BCUT2D eigenvalue weighted by atomic mass is 16.5. The number of esters is 1. The molecule has 3 saturated carbocycles. The van der Waals surface area contributed by atoms with Gasteiger partial charge >= 0.3 is 18.0 Å². The molecule has 0 radical (unpaired) electrons. The van der Waals surface area contributed by atoms with Crippen LogP contribution in [0, 0.1) is 0 Å². The quantitative estimate of drug-likeness (QED) is 0.149. The number of carbonyl (C=O) groups excluding carboxylic acids is 2. The summed E-state index contributed by atoms with van der Waals surface area (Å²) in [7, 11) is 1.44. The minimum Gasteiger partial charge on any atom is -0.478 e. The highest BCUT2D eigenvalue weighted by Crippen LogP contribution is 2.49. The van der Waals surface area contributed by atoms with E-state index in [2.05, 4.69) is 62.2 Å². The molecule has 6 aromatic rings. The summed E-state index contributed by atoms with van der Waals surface area (Å²) in [6.45, 7) is 2.94. The van der Waals surface area contributed by atoms with Gasteiger partial charge in [0.25, 0.3) is 0 Å². The van der Waals surface area contributed by atoms with Crippen molar-refractivity contribution in [2.75, 3.05) is 30.4 Å². The Morgan fingerprint density at radius 1 is 0.635 bits per heavy atom. The average molecular weight is 846 g/mol. The van der Waals surface area contributed by atoms with Gasteiger partial charge in [0.1, 0.15) is 0 Å². The van der Waals surface area contributed by atoms with Gasteiger partial charge in [-0.15, -0.1) is 0 Å². The summed E-state index contributed by atoms with van der Waals surface area (Å²) in [4.78, 5) is 39.3. The zero-order chi connectivity index (χ0) is 43.0. The number of ether oxygens (including phenoxy) is 1. The van der Waals surface area contributed by atoms with Crippen LogP contribution in [0.3, 0.4) is 0 Å². The summed E-state index contributed by atoms with van der Waals surface area (Å²) in [6, 6.07) is 28.8. The number of carboxylic acid groups (broad SMARTS) is 1. The Hall–Kier alpha value is -6.03. The van der Waals surface area contributed by atoms with E-state index in [1.807, 2.05) is 41.3 Å². The van der Waals surface area contributed by atoms with Gasteiger partial charge in [-0.1, -0.05) is 99.9 Å². The number of amides is 2. The topological polar surface area (TPSA) is 118 Å². The molecule has 0 bridgehead atoms. The molecule has 0 saturated heterocycles. The fraction of sp³-hybridized carbons (Fsp3) is 0.415. The lowest BCUT2D eigenvalue weighted by Crippen LogP contribution is -2.45. The lowest BCUT2D eigenvalue weighted by Gasteiger charge is -2.26. The van der Waals surface area contributed by atoms with E-state index in [4.69, 9.17) is 4.74 Å². The molecule has 0 atom stereocenters. The maximum absolute atomic E-state index is 13.5. The number of nitrogens with zero attached hydrogens (tertiary/aromatic N) is 3.